The molecular weight excluding hydrogens is 356 g/mol. The van der Waals surface area contributed by atoms with Gasteiger partial charge in [-0.15, -0.1) is 0 Å². The highest BCUT2D eigenvalue weighted by Crippen LogP contribution is 2.40. The van der Waals surface area contributed by atoms with Crippen LogP contribution >= 0.6 is 0 Å². The third-order valence-corrected chi connectivity index (χ3v) is 5.28. The van der Waals surface area contributed by atoms with Crippen LogP contribution < -0.4 is 24.4 Å². The molecule has 1 amide bonds. The summed E-state index contributed by atoms with van der Waals surface area (Å²) in [6.07, 6.45) is 1.59. The Morgan fingerprint density at radius 1 is 1.18 bits per heavy atom. The summed E-state index contributed by atoms with van der Waals surface area (Å²) in [5.41, 5.74) is 3.24. The largest absolute Gasteiger partial charge is 0.493 e. The number of hydrogen-bond acceptors (Lipinski definition) is 5. The molecule has 0 bridgehead atoms. The number of nitrogens with zero attached hydrogens (tertiary/aromatic N) is 1. The van der Waals surface area contributed by atoms with Crippen molar-refractivity contribution >= 4 is 11.6 Å². The number of carbonyl (C=O) groups excluding carboxylic acids is 1. The van der Waals surface area contributed by atoms with E-state index in [1.807, 2.05) is 29.2 Å². The van der Waals surface area contributed by atoms with Crippen molar-refractivity contribution in [2.75, 3.05) is 31.8 Å². The molecule has 4 rings (SSSR count). The van der Waals surface area contributed by atoms with Gasteiger partial charge in [0.25, 0.3) is 0 Å². The monoisotopic (exact) mass is 382 g/mol. The molecule has 2 heterocycles. The topological polar surface area (TPSA) is 60.0 Å². The Labute approximate surface area is 165 Å². The van der Waals surface area contributed by atoms with Gasteiger partial charge in [0.2, 0.25) is 11.7 Å². The Bertz CT molecular complexity index is 833. The maximum Gasteiger partial charge on any atom is 0.227 e. The highest BCUT2D eigenvalue weighted by Gasteiger charge is 2.22. The van der Waals surface area contributed by atoms with E-state index in [2.05, 4.69) is 24.4 Å². The quantitative estimate of drug-likeness (QED) is 0.829. The maximum atomic E-state index is 11.9. The Morgan fingerprint density at radius 2 is 1.96 bits per heavy atom. The molecule has 1 atom stereocenters. The number of hydrogen-bond donors (Lipinski definition) is 1. The van der Waals surface area contributed by atoms with Crippen LogP contribution in [0.4, 0.5) is 5.69 Å². The van der Waals surface area contributed by atoms with Gasteiger partial charge in [-0.3, -0.25) is 4.79 Å². The van der Waals surface area contributed by atoms with Crippen LogP contribution in [0.3, 0.4) is 0 Å². The van der Waals surface area contributed by atoms with Gasteiger partial charge in [-0.1, -0.05) is 12.1 Å². The SMILES string of the molecule is COc1cc(CNC(C)c2ccc(N3CCCC3=O)cc2)cc2c1OCCO2. The molecule has 148 valence electrons. The van der Waals surface area contributed by atoms with E-state index in [-0.39, 0.29) is 11.9 Å². The normalized spacial score (nSPS) is 16.9. The summed E-state index contributed by atoms with van der Waals surface area (Å²) in [7, 11) is 1.64. The zero-order chi connectivity index (χ0) is 19.5. The standard InChI is InChI=1S/C22H26N2O4/c1-15(17-5-7-18(8-6-17)24-9-3-4-21(24)25)23-14-16-12-19(26-2)22-20(13-16)27-10-11-28-22/h5-8,12-13,15,23H,3-4,9-11,14H2,1-2H3. The molecule has 2 aromatic rings. The van der Waals surface area contributed by atoms with Crippen molar-refractivity contribution in [2.24, 2.45) is 0 Å². The van der Waals surface area contributed by atoms with Gasteiger partial charge >= 0.3 is 0 Å². The average molecular weight is 382 g/mol. The first-order chi connectivity index (χ1) is 13.7. The van der Waals surface area contributed by atoms with Gasteiger partial charge in [0, 0.05) is 31.2 Å². The van der Waals surface area contributed by atoms with Gasteiger partial charge in [-0.25, -0.2) is 0 Å². The predicted octanol–water partition coefficient (Wildman–Crippen LogP) is 3.44. The van der Waals surface area contributed by atoms with Gasteiger partial charge in [-0.2, -0.15) is 0 Å². The van der Waals surface area contributed by atoms with Crippen molar-refractivity contribution in [3.8, 4) is 17.2 Å². The summed E-state index contributed by atoms with van der Waals surface area (Å²) in [6.45, 7) is 4.72. The summed E-state index contributed by atoms with van der Waals surface area (Å²) < 4.78 is 16.8. The van der Waals surface area contributed by atoms with Crippen LogP contribution in [0.25, 0.3) is 0 Å². The van der Waals surface area contributed by atoms with Crippen LogP contribution in [0.5, 0.6) is 17.2 Å². The minimum absolute atomic E-state index is 0.169. The van der Waals surface area contributed by atoms with E-state index < -0.39 is 0 Å². The number of nitrogens with one attached hydrogen (secondary N) is 1. The van der Waals surface area contributed by atoms with E-state index in [1.165, 1.54) is 5.56 Å². The van der Waals surface area contributed by atoms with Gasteiger partial charge in [0.15, 0.2) is 11.5 Å². The number of amides is 1. The summed E-state index contributed by atoms with van der Waals surface area (Å²) >= 11 is 0. The lowest BCUT2D eigenvalue weighted by Gasteiger charge is -2.22. The molecule has 0 spiro atoms. The molecular formula is C22H26N2O4. The highest BCUT2D eigenvalue weighted by molar-refractivity contribution is 5.95. The molecule has 0 saturated carbocycles. The highest BCUT2D eigenvalue weighted by atomic mass is 16.6. The maximum absolute atomic E-state index is 11.9. The second-order valence-corrected chi connectivity index (χ2v) is 7.17. The molecule has 1 saturated heterocycles. The first-order valence-electron chi connectivity index (χ1n) is 9.76. The third-order valence-electron chi connectivity index (χ3n) is 5.28. The third kappa shape index (κ3) is 3.78. The fraction of sp³-hybridized carbons (Fsp3) is 0.409. The van der Waals surface area contributed by atoms with Crippen LogP contribution in [-0.2, 0) is 11.3 Å². The molecule has 6 nitrogen and oxygen atoms in total. The molecule has 2 aliphatic rings. The summed E-state index contributed by atoms with van der Waals surface area (Å²) in [6, 6.07) is 12.4. The first kappa shape index (κ1) is 18.6. The minimum Gasteiger partial charge on any atom is -0.493 e. The Kier molecular flexibility index (Phi) is 5.39. The van der Waals surface area contributed by atoms with Gasteiger partial charge in [0.1, 0.15) is 13.2 Å². The molecule has 0 aromatic heterocycles. The second kappa shape index (κ2) is 8.10. The number of benzene rings is 2. The first-order valence-corrected chi connectivity index (χ1v) is 9.76. The van der Waals surface area contributed by atoms with E-state index in [0.717, 1.165) is 30.0 Å². The second-order valence-electron chi connectivity index (χ2n) is 7.17. The lowest BCUT2D eigenvalue weighted by Crippen LogP contribution is -2.23. The van der Waals surface area contributed by atoms with Crippen LogP contribution in [0.2, 0.25) is 0 Å². The zero-order valence-electron chi connectivity index (χ0n) is 16.4. The van der Waals surface area contributed by atoms with Crippen LogP contribution in [0.15, 0.2) is 36.4 Å². The number of ether oxygens (including phenoxy) is 3. The van der Waals surface area contributed by atoms with E-state index in [9.17, 15) is 4.79 Å². The molecule has 2 aromatic carbocycles. The van der Waals surface area contributed by atoms with Crippen molar-refractivity contribution < 1.29 is 19.0 Å². The smallest absolute Gasteiger partial charge is 0.227 e. The minimum atomic E-state index is 0.169. The Morgan fingerprint density at radius 3 is 2.68 bits per heavy atom. The number of methoxy groups -OCH3 is 1. The van der Waals surface area contributed by atoms with E-state index in [0.29, 0.717) is 37.7 Å². The van der Waals surface area contributed by atoms with Gasteiger partial charge in [0.05, 0.1) is 7.11 Å². The molecule has 6 heteroatoms. The number of rotatable bonds is 6. The van der Waals surface area contributed by atoms with Crippen LogP contribution in [0.1, 0.15) is 36.9 Å². The number of anilines is 1. The lowest BCUT2D eigenvalue weighted by atomic mass is 10.1. The van der Waals surface area contributed by atoms with Crippen LogP contribution in [-0.4, -0.2) is 32.8 Å². The van der Waals surface area contributed by atoms with Gasteiger partial charge in [-0.05, 0) is 48.7 Å². The molecule has 0 aliphatic carbocycles. The van der Waals surface area contributed by atoms with Gasteiger partial charge < -0.3 is 24.4 Å². The van der Waals surface area contributed by atoms with E-state index >= 15 is 0 Å². The van der Waals surface area contributed by atoms with Crippen LogP contribution in [0, 0.1) is 0 Å². The fourth-order valence-electron chi connectivity index (χ4n) is 3.68. The molecule has 0 radical (unpaired) electrons. The van der Waals surface area contributed by atoms with Crippen molar-refractivity contribution in [3.05, 3.63) is 47.5 Å². The molecule has 1 fully saturated rings. The number of carbonyl (C=O) groups is 1. The Balaban J connectivity index is 1.41. The molecule has 1 N–H and O–H groups in total. The molecule has 28 heavy (non-hydrogen) atoms. The van der Waals surface area contributed by atoms with E-state index in [1.54, 1.807) is 7.11 Å². The van der Waals surface area contributed by atoms with Crippen molar-refractivity contribution in [2.45, 2.75) is 32.4 Å². The lowest BCUT2D eigenvalue weighted by molar-refractivity contribution is -0.117. The molecule has 1 unspecified atom stereocenters. The van der Waals surface area contributed by atoms with Crippen molar-refractivity contribution in [3.63, 3.8) is 0 Å². The summed E-state index contributed by atoms with van der Waals surface area (Å²) in [5, 5.41) is 3.54. The zero-order valence-corrected chi connectivity index (χ0v) is 16.4. The number of fused-ring (bicyclic) bond motifs is 1. The molecule has 2 aliphatic heterocycles. The van der Waals surface area contributed by atoms with E-state index in [4.69, 9.17) is 14.2 Å². The average Bonchev–Trinajstić information content (AvgIpc) is 3.17. The predicted molar refractivity (Wildman–Crippen MR) is 107 cm³/mol. The summed E-state index contributed by atoms with van der Waals surface area (Å²) in [5.74, 6) is 2.32. The van der Waals surface area contributed by atoms with Crippen molar-refractivity contribution in [1.29, 1.82) is 0 Å². The fourth-order valence-corrected chi connectivity index (χ4v) is 3.68. The van der Waals surface area contributed by atoms with Crippen molar-refractivity contribution in [1.82, 2.24) is 5.32 Å². The Hall–Kier alpha value is -2.73. The summed E-state index contributed by atoms with van der Waals surface area (Å²) in [4.78, 5) is 13.8.